The van der Waals surface area contributed by atoms with Crippen LogP contribution in [-0.2, 0) is 22.4 Å². The number of halogens is 1. The number of esters is 1. The van der Waals surface area contributed by atoms with Crippen molar-refractivity contribution >= 4 is 40.6 Å². The lowest BCUT2D eigenvalue weighted by molar-refractivity contribution is -0.123. The van der Waals surface area contributed by atoms with Gasteiger partial charge in [-0.25, -0.2) is 9.78 Å². The molecule has 23 heavy (non-hydrogen) atoms. The van der Waals surface area contributed by atoms with Gasteiger partial charge in [0.1, 0.15) is 10.7 Å². The number of ether oxygens (including phenoxy) is 1. The molecule has 1 atom stereocenters. The fourth-order valence-corrected chi connectivity index (χ4v) is 3.63. The van der Waals surface area contributed by atoms with Gasteiger partial charge in [0.25, 0.3) is 5.91 Å². The van der Waals surface area contributed by atoms with Crippen LogP contribution in [0.2, 0.25) is 5.02 Å². The monoisotopic (exact) mass is 350 g/mol. The smallest absolute Gasteiger partial charge is 0.349 e. The highest BCUT2D eigenvalue weighted by molar-refractivity contribution is 7.14. The van der Waals surface area contributed by atoms with E-state index in [-0.39, 0.29) is 0 Å². The molecule has 1 aliphatic rings. The summed E-state index contributed by atoms with van der Waals surface area (Å²) in [6, 6.07) is 5.08. The molecule has 1 N–H and O–H groups in total. The van der Waals surface area contributed by atoms with E-state index < -0.39 is 18.0 Å². The van der Waals surface area contributed by atoms with Crippen LogP contribution in [0, 0.1) is 0 Å². The summed E-state index contributed by atoms with van der Waals surface area (Å²) in [6.07, 6.45) is 3.70. The van der Waals surface area contributed by atoms with Crippen LogP contribution in [0.1, 0.15) is 33.5 Å². The summed E-state index contributed by atoms with van der Waals surface area (Å²) < 4.78 is 5.24. The van der Waals surface area contributed by atoms with Gasteiger partial charge in [-0.1, -0.05) is 11.6 Å². The average Bonchev–Trinajstić information content (AvgIpc) is 3.10. The van der Waals surface area contributed by atoms with E-state index in [1.165, 1.54) is 34.9 Å². The second-order valence-electron chi connectivity index (χ2n) is 5.31. The maximum Gasteiger partial charge on any atom is 0.349 e. The number of carbonyl (C=O) groups excluding carboxylic acids is 2. The highest BCUT2D eigenvalue weighted by atomic mass is 35.5. The topological polar surface area (TPSA) is 68.3 Å². The zero-order chi connectivity index (χ0) is 16.4. The average molecular weight is 351 g/mol. The van der Waals surface area contributed by atoms with Crippen molar-refractivity contribution in [2.75, 3.05) is 5.32 Å². The zero-order valence-corrected chi connectivity index (χ0v) is 14.0. The van der Waals surface area contributed by atoms with Gasteiger partial charge in [-0.05, 0) is 49.9 Å². The number of amides is 1. The lowest BCUT2D eigenvalue weighted by Gasteiger charge is -2.12. The lowest BCUT2D eigenvalue weighted by atomic mass is 10.2. The fourth-order valence-electron chi connectivity index (χ4n) is 2.38. The number of hydrogen-bond acceptors (Lipinski definition) is 5. The van der Waals surface area contributed by atoms with Crippen molar-refractivity contribution in [3.8, 4) is 0 Å². The molecular weight excluding hydrogens is 336 g/mol. The van der Waals surface area contributed by atoms with Crippen LogP contribution < -0.4 is 5.32 Å². The largest absolute Gasteiger partial charge is 0.448 e. The first-order valence-corrected chi connectivity index (χ1v) is 8.47. The number of anilines is 1. The molecule has 2 heterocycles. The molecule has 0 fully saturated rings. The first-order valence-electron chi connectivity index (χ1n) is 7.28. The number of pyridine rings is 1. The summed E-state index contributed by atoms with van der Waals surface area (Å²) in [6.45, 7) is 1.53. The Labute approximate surface area is 142 Å². The van der Waals surface area contributed by atoms with Crippen LogP contribution in [0.4, 0.5) is 5.82 Å². The molecule has 1 aliphatic carbocycles. The van der Waals surface area contributed by atoms with Crippen LogP contribution in [0.3, 0.4) is 0 Å². The van der Waals surface area contributed by atoms with Crippen LogP contribution in [0.25, 0.3) is 0 Å². The maximum absolute atomic E-state index is 12.1. The van der Waals surface area contributed by atoms with Gasteiger partial charge in [-0.3, -0.25) is 4.79 Å². The van der Waals surface area contributed by atoms with E-state index in [0.29, 0.717) is 15.7 Å². The van der Waals surface area contributed by atoms with E-state index in [4.69, 9.17) is 16.3 Å². The number of aryl methyl sites for hydroxylation is 2. The molecule has 0 spiro atoms. The Morgan fingerprint density at radius 1 is 1.39 bits per heavy atom. The number of fused-ring (bicyclic) bond motifs is 1. The number of rotatable bonds is 4. The number of hydrogen-bond donors (Lipinski definition) is 1. The molecule has 120 valence electrons. The lowest BCUT2D eigenvalue weighted by Crippen LogP contribution is -2.30. The Morgan fingerprint density at radius 3 is 2.91 bits per heavy atom. The van der Waals surface area contributed by atoms with Crippen molar-refractivity contribution in [3.63, 3.8) is 0 Å². The number of aromatic nitrogens is 1. The van der Waals surface area contributed by atoms with E-state index >= 15 is 0 Å². The van der Waals surface area contributed by atoms with E-state index in [1.54, 1.807) is 12.1 Å². The Balaban J connectivity index is 1.58. The van der Waals surface area contributed by atoms with Crippen molar-refractivity contribution < 1.29 is 14.3 Å². The Morgan fingerprint density at radius 2 is 2.22 bits per heavy atom. The third kappa shape index (κ3) is 3.71. The second-order valence-corrected chi connectivity index (χ2v) is 6.88. The number of carbonyl (C=O) groups is 2. The SMILES string of the molecule is C[C@H](OC(=O)c1cc2c(s1)CCC2)C(=O)Nc1ccc(Cl)cn1. The van der Waals surface area contributed by atoms with Crippen molar-refractivity contribution in [3.05, 3.63) is 44.7 Å². The highest BCUT2D eigenvalue weighted by Gasteiger charge is 2.23. The fraction of sp³-hybridized carbons (Fsp3) is 0.312. The molecule has 0 bridgehead atoms. The van der Waals surface area contributed by atoms with Crippen LogP contribution in [0.5, 0.6) is 0 Å². The van der Waals surface area contributed by atoms with Gasteiger partial charge < -0.3 is 10.1 Å². The van der Waals surface area contributed by atoms with Crippen LogP contribution >= 0.6 is 22.9 Å². The summed E-state index contributed by atoms with van der Waals surface area (Å²) in [5.41, 5.74) is 1.23. The molecule has 0 aromatic carbocycles. The molecule has 1 amide bonds. The van der Waals surface area contributed by atoms with Crippen molar-refractivity contribution in [2.24, 2.45) is 0 Å². The normalized spacial score (nSPS) is 14.2. The van der Waals surface area contributed by atoms with Gasteiger partial charge in [0.15, 0.2) is 6.10 Å². The van der Waals surface area contributed by atoms with Gasteiger partial charge in [0.2, 0.25) is 0 Å². The molecule has 0 saturated heterocycles. The standard InChI is InChI=1S/C16H15ClN2O3S/c1-9(15(20)19-14-6-5-11(17)8-18-14)22-16(21)13-7-10-3-2-4-12(10)23-13/h5-9H,2-4H2,1H3,(H,18,19,20)/t9-/m0/s1. The zero-order valence-electron chi connectivity index (χ0n) is 12.5. The molecule has 0 aliphatic heterocycles. The quantitative estimate of drug-likeness (QED) is 0.857. The summed E-state index contributed by atoms with van der Waals surface area (Å²) >= 11 is 7.19. The van der Waals surface area contributed by atoms with Crippen LogP contribution in [-0.4, -0.2) is 23.0 Å². The van der Waals surface area contributed by atoms with Gasteiger partial charge in [0, 0.05) is 11.1 Å². The number of thiophene rings is 1. The number of nitrogens with one attached hydrogen (secondary N) is 1. The molecule has 0 unspecified atom stereocenters. The minimum atomic E-state index is -0.906. The summed E-state index contributed by atoms with van der Waals surface area (Å²) in [7, 11) is 0. The molecule has 7 heteroatoms. The Bertz CT molecular complexity index is 721. The third-order valence-electron chi connectivity index (χ3n) is 3.58. The Kier molecular flexibility index (Phi) is 4.63. The van der Waals surface area contributed by atoms with E-state index in [0.717, 1.165) is 19.3 Å². The van der Waals surface area contributed by atoms with Gasteiger partial charge in [-0.15, -0.1) is 11.3 Å². The van der Waals surface area contributed by atoms with Gasteiger partial charge >= 0.3 is 5.97 Å². The molecule has 5 nitrogen and oxygen atoms in total. The first-order chi connectivity index (χ1) is 11.0. The molecule has 0 radical (unpaired) electrons. The maximum atomic E-state index is 12.1. The van der Waals surface area contributed by atoms with E-state index in [9.17, 15) is 9.59 Å². The predicted octanol–water partition coefficient (Wildman–Crippen LogP) is 3.47. The van der Waals surface area contributed by atoms with Crippen molar-refractivity contribution in [1.82, 2.24) is 4.98 Å². The first kappa shape index (κ1) is 16.0. The molecule has 0 saturated carbocycles. The van der Waals surface area contributed by atoms with E-state index in [1.807, 2.05) is 6.07 Å². The van der Waals surface area contributed by atoms with Crippen molar-refractivity contribution in [1.29, 1.82) is 0 Å². The summed E-state index contributed by atoms with van der Waals surface area (Å²) in [5.74, 6) is -0.536. The van der Waals surface area contributed by atoms with Gasteiger partial charge in [0.05, 0.1) is 5.02 Å². The molecular formula is C16H15ClN2O3S. The summed E-state index contributed by atoms with van der Waals surface area (Å²) in [4.78, 5) is 30.0. The third-order valence-corrected chi connectivity index (χ3v) is 5.02. The minimum absolute atomic E-state index is 0.359. The minimum Gasteiger partial charge on any atom is -0.448 e. The van der Waals surface area contributed by atoms with Crippen LogP contribution in [0.15, 0.2) is 24.4 Å². The molecule has 2 aromatic heterocycles. The molecule has 3 rings (SSSR count). The van der Waals surface area contributed by atoms with E-state index in [2.05, 4.69) is 10.3 Å². The van der Waals surface area contributed by atoms with Gasteiger partial charge in [-0.2, -0.15) is 0 Å². The second kappa shape index (κ2) is 6.68. The number of nitrogens with zero attached hydrogens (tertiary/aromatic N) is 1. The highest BCUT2D eigenvalue weighted by Crippen LogP contribution is 2.31. The predicted molar refractivity (Wildman–Crippen MR) is 89.1 cm³/mol. The van der Waals surface area contributed by atoms with Crippen molar-refractivity contribution in [2.45, 2.75) is 32.3 Å². The summed E-state index contributed by atoms with van der Waals surface area (Å²) in [5, 5.41) is 3.06. The Hall–Kier alpha value is -1.92. The molecule has 2 aromatic rings.